The second-order valence-corrected chi connectivity index (χ2v) is 6.80. The first kappa shape index (κ1) is 17.2. The average Bonchev–Trinajstić information content (AvgIpc) is 2.55. The molecular formula is C18H21NO3S. The Labute approximate surface area is 141 Å². The van der Waals surface area contributed by atoms with Crippen molar-refractivity contribution in [2.24, 2.45) is 0 Å². The molecule has 0 saturated heterocycles. The number of hydrogen-bond donors (Lipinski definition) is 1. The van der Waals surface area contributed by atoms with E-state index in [1.54, 1.807) is 44.2 Å². The molecule has 0 aliphatic rings. The van der Waals surface area contributed by atoms with Crippen LogP contribution in [0.3, 0.4) is 0 Å². The Balaban J connectivity index is 2.26. The van der Waals surface area contributed by atoms with Crippen molar-refractivity contribution in [1.82, 2.24) is 0 Å². The molecule has 2 aromatic carbocycles. The molecule has 5 heteroatoms. The molecule has 0 bridgehead atoms. The van der Waals surface area contributed by atoms with Gasteiger partial charge in [-0.25, -0.2) is 0 Å². The van der Waals surface area contributed by atoms with E-state index in [0.29, 0.717) is 28.0 Å². The SMILES string of the molecule is COc1ccc(NC(=O)c2ccccc2SC(C)C)c(OC)c1. The van der Waals surface area contributed by atoms with E-state index in [0.717, 1.165) is 4.90 Å². The number of hydrogen-bond acceptors (Lipinski definition) is 4. The van der Waals surface area contributed by atoms with E-state index in [1.165, 1.54) is 0 Å². The molecule has 1 amide bonds. The van der Waals surface area contributed by atoms with E-state index >= 15 is 0 Å². The standard InChI is InChI=1S/C18H21NO3S/c1-12(2)23-17-8-6-5-7-14(17)18(20)19-15-10-9-13(21-3)11-16(15)22-4/h5-12H,1-4H3,(H,19,20). The zero-order valence-corrected chi connectivity index (χ0v) is 14.6. The average molecular weight is 331 g/mol. The molecule has 0 unspecified atom stereocenters. The van der Waals surface area contributed by atoms with Crippen LogP contribution in [-0.4, -0.2) is 25.4 Å². The number of anilines is 1. The molecular weight excluding hydrogens is 310 g/mol. The molecule has 0 aliphatic heterocycles. The molecule has 1 N–H and O–H groups in total. The van der Waals surface area contributed by atoms with Gasteiger partial charge in [-0.1, -0.05) is 26.0 Å². The Morgan fingerprint density at radius 2 is 1.83 bits per heavy atom. The van der Waals surface area contributed by atoms with Crippen LogP contribution in [0.2, 0.25) is 0 Å². The molecule has 23 heavy (non-hydrogen) atoms. The van der Waals surface area contributed by atoms with Crippen LogP contribution in [0.25, 0.3) is 0 Å². The number of methoxy groups -OCH3 is 2. The third-order valence-corrected chi connectivity index (χ3v) is 4.23. The van der Waals surface area contributed by atoms with Gasteiger partial charge in [0.15, 0.2) is 0 Å². The van der Waals surface area contributed by atoms with Crippen LogP contribution in [0, 0.1) is 0 Å². The minimum absolute atomic E-state index is 0.155. The molecule has 0 fully saturated rings. The van der Waals surface area contributed by atoms with Gasteiger partial charge in [0.25, 0.3) is 5.91 Å². The van der Waals surface area contributed by atoms with E-state index < -0.39 is 0 Å². The molecule has 0 atom stereocenters. The monoisotopic (exact) mass is 331 g/mol. The van der Waals surface area contributed by atoms with Crippen LogP contribution < -0.4 is 14.8 Å². The largest absolute Gasteiger partial charge is 0.497 e. The molecule has 0 spiro atoms. The van der Waals surface area contributed by atoms with Gasteiger partial charge in [0, 0.05) is 16.2 Å². The first-order valence-corrected chi connectivity index (χ1v) is 8.22. The van der Waals surface area contributed by atoms with Gasteiger partial charge in [-0.2, -0.15) is 0 Å². The zero-order chi connectivity index (χ0) is 16.8. The summed E-state index contributed by atoms with van der Waals surface area (Å²) in [6.07, 6.45) is 0. The smallest absolute Gasteiger partial charge is 0.256 e. The predicted molar refractivity (Wildman–Crippen MR) is 94.9 cm³/mol. The number of nitrogens with one attached hydrogen (secondary N) is 1. The van der Waals surface area contributed by atoms with Crippen LogP contribution in [-0.2, 0) is 0 Å². The summed E-state index contributed by atoms with van der Waals surface area (Å²) in [7, 11) is 3.15. The minimum Gasteiger partial charge on any atom is -0.497 e. The number of amides is 1. The summed E-state index contributed by atoms with van der Waals surface area (Å²) >= 11 is 1.67. The number of ether oxygens (including phenoxy) is 2. The van der Waals surface area contributed by atoms with Gasteiger partial charge >= 0.3 is 0 Å². The summed E-state index contributed by atoms with van der Waals surface area (Å²) in [5.74, 6) is 1.08. The van der Waals surface area contributed by atoms with Gasteiger partial charge in [-0.15, -0.1) is 11.8 Å². The number of carbonyl (C=O) groups is 1. The van der Waals surface area contributed by atoms with Gasteiger partial charge in [0.2, 0.25) is 0 Å². The number of carbonyl (C=O) groups excluding carboxylic acids is 1. The lowest BCUT2D eigenvalue weighted by molar-refractivity contribution is 0.102. The van der Waals surface area contributed by atoms with Crippen molar-refractivity contribution in [3.8, 4) is 11.5 Å². The predicted octanol–water partition coefficient (Wildman–Crippen LogP) is 4.46. The Hall–Kier alpha value is -2.14. The van der Waals surface area contributed by atoms with E-state index in [4.69, 9.17) is 9.47 Å². The van der Waals surface area contributed by atoms with E-state index in [9.17, 15) is 4.79 Å². The maximum atomic E-state index is 12.6. The minimum atomic E-state index is -0.155. The molecule has 0 aliphatic carbocycles. The lowest BCUT2D eigenvalue weighted by Crippen LogP contribution is -2.14. The highest BCUT2D eigenvalue weighted by atomic mass is 32.2. The molecule has 2 aromatic rings. The summed E-state index contributed by atoms with van der Waals surface area (Å²) in [6, 6.07) is 12.9. The topological polar surface area (TPSA) is 47.6 Å². The van der Waals surface area contributed by atoms with Crippen molar-refractivity contribution < 1.29 is 14.3 Å². The van der Waals surface area contributed by atoms with Crippen LogP contribution in [0.4, 0.5) is 5.69 Å². The third kappa shape index (κ3) is 4.42. The molecule has 0 saturated carbocycles. The van der Waals surface area contributed by atoms with Crippen molar-refractivity contribution in [2.75, 3.05) is 19.5 Å². The molecule has 0 heterocycles. The molecule has 122 valence electrons. The Morgan fingerprint density at radius 1 is 1.09 bits per heavy atom. The highest BCUT2D eigenvalue weighted by Gasteiger charge is 2.15. The number of thioether (sulfide) groups is 1. The normalized spacial score (nSPS) is 10.5. The highest BCUT2D eigenvalue weighted by Crippen LogP contribution is 2.31. The van der Waals surface area contributed by atoms with E-state index in [2.05, 4.69) is 19.2 Å². The maximum Gasteiger partial charge on any atom is 0.256 e. The van der Waals surface area contributed by atoms with Crippen LogP contribution in [0.1, 0.15) is 24.2 Å². The fourth-order valence-electron chi connectivity index (χ4n) is 2.10. The second kappa shape index (κ2) is 7.92. The van der Waals surface area contributed by atoms with Crippen molar-refractivity contribution >= 4 is 23.4 Å². The van der Waals surface area contributed by atoms with Crippen molar-refractivity contribution in [3.63, 3.8) is 0 Å². The van der Waals surface area contributed by atoms with Crippen LogP contribution in [0.15, 0.2) is 47.4 Å². The van der Waals surface area contributed by atoms with Gasteiger partial charge in [0.05, 0.1) is 25.5 Å². The Kier molecular flexibility index (Phi) is 5.93. The van der Waals surface area contributed by atoms with Crippen molar-refractivity contribution in [2.45, 2.75) is 24.0 Å². The lowest BCUT2D eigenvalue weighted by Gasteiger charge is -2.14. The summed E-state index contributed by atoms with van der Waals surface area (Å²) in [6.45, 7) is 4.21. The van der Waals surface area contributed by atoms with E-state index in [1.807, 2.05) is 24.3 Å². The van der Waals surface area contributed by atoms with Crippen LogP contribution >= 0.6 is 11.8 Å². The zero-order valence-electron chi connectivity index (χ0n) is 13.8. The Bertz CT molecular complexity index is 686. The Morgan fingerprint density at radius 3 is 2.48 bits per heavy atom. The highest BCUT2D eigenvalue weighted by molar-refractivity contribution is 8.00. The second-order valence-electron chi connectivity index (χ2n) is 5.18. The van der Waals surface area contributed by atoms with Crippen molar-refractivity contribution in [1.29, 1.82) is 0 Å². The molecule has 2 rings (SSSR count). The molecule has 0 aromatic heterocycles. The maximum absolute atomic E-state index is 12.6. The summed E-state index contributed by atoms with van der Waals surface area (Å²) in [5.41, 5.74) is 1.27. The first-order chi connectivity index (χ1) is 11.0. The molecule has 4 nitrogen and oxygen atoms in total. The number of rotatable bonds is 6. The first-order valence-electron chi connectivity index (χ1n) is 7.34. The van der Waals surface area contributed by atoms with Crippen LogP contribution in [0.5, 0.6) is 11.5 Å². The third-order valence-electron chi connectivity index (χ3n) is 3.15. The summed E-state index contributed by atoms with van der Waals surface area (Å²) in [4.78, 5) is 13.6. The fourth-order valence-corrected chi connectivity index (χ4v) is 3.06. The lowest BCUT2D eigenvalue weighted by atomic mass is 10.2. The van der Waals surface area contributed by atoms with Gasteiger partial charge in [0.1, 0.15) is 11.5 Å². The summed E-state index contributed by atoms with van der Waals surface area (Å²) in [5, 5.41) is 3.31. The quantitative estimate of drug-likeness (QED) is 0.794. The van der Waals surface area contributed by atoms with Crippen molar-refractivity contribution in [3.05, 3.63) is 48.0 Å². The fraction of sp³-hybridized carbons (Fsp3) is 0.278. The van der Waals surface area contributed by atoms with E-state index in [-0.39, 0.29) is 5.91 Å². The van der Waals surface area contributed by atoms with Gasteiger partial charge in [-0.3, -0.25) is 4.79 Å². The molecule has 0 radical (unpaired) electrons. The number of benzene rings is 2. The van der Waals surface area contributed by atoms with Gasteiger partial charge < -0.3 is 14.8 Å². The van der Waals surface area contributed by atoms with Gasteiger partial charge in [-0.05, 0) is 24.3 Å². The summed E-state index contributed by atoms with van der Waals surface area (Å²) < 4.78 is 10.5.